The van der Waals surface area contributed by atoms with Crippen molar-refractivity contribution in [3.8, 4) is 5.75 Å². The Morgan fingerprint density at radius 3 is 2.72 bits per heavy atom. The number of phenols is 1. The highest BCUT2D eigenvalue weighted by Crippen LogP contribution is 2.85. The fourth-order valence-electron chi connectivity index (χ4n) is 9.50. The van der Waals surface area contributed by atoms with Crippen molar-refractivity contribution in [2.45, 2.75) is 80.7 Å². The standard InChI is InChI=1S/C29H33NO9/c1-13(2)27-21(38-27)22-29(39-22)25(3)8-7-15-16(11-36-24(15)33)17(25)10-20-28(29,37-20)26(27,34)12-30-18-6-5-14(9-19(18)31)23(32)35-4/h5-6,9,13,17,20-22,30-31,34H,7-8,10-12H2,1-4H3/t17-,20-,21-,22-,25-,26-,27-,28+,29+/m0/s1. The Labute approximate surface area is 225 Å². The maximum absolute atomic E-state index is 12.9. The molecule has 39 heavy (non-hydrogen) atoms. The van der Waals surface area contributed by atoms with Gasteiger partial charge < -0.3 is 39.2 Å². The van der Waals surface area contributed by atoms with Crippen molar-refractivity contribution < 1.29 is 43.5 Å². The maximum Gasteiger partial charge on any atom is 0.337 e. The first-order chi connectivity index (χ1) is 18.5. The highest BCUT2D eigenvalue weighted by molar-refractivity contribution is 5.92. The number of esters is 2. The van der Waals surface area contributed by atoms with E-state index >= 15 is 0 Å². The quantitative estimate of drug-likeness (QED) is 0.289. The van der Waals surface area contributed by atoms with Crippen molar-refractivity contribution in [3.05, 3.63) is 34.9 Å². The van der Waals surface area contributed by atoms with E-state index in [9.17, 15) is 19.8 Å². The first kappa shape index (κ1) is 24.2. The van der Waals surface area contributed by atoms with Crippen LogP contribution in [-0.2, 0) is 28.5 Å². The van der Waals surface area contributed by atoms with Gasteiger partial charge in [-0.05, 0) is 54.9 Å². The highest BCUT2D eigenvalue weighted by atomic mass is 16.7. The fourth-order valence-corrected chi connectivity index (χ4v) is 9.50. The molecule has 0 bridgehead atoms. The zero-order chi connectivity index (χ0) is 27.3. The smallest absolute Gasteiger partial charge is 0.337 e. The summed E-state index contributed by atoms with van der Waals surface area (Å²) in [5.74, 6) is -0.849. The molecule has 4 heterocycles. The minimum atomic E-state index is -1.48. The summed E-state index contributed by atoms with van der Waals surface area (Å²) in [4.78, 5) is 24.3. The van der Waals surface area contributed by atoms with Gasteiger partial charge in [0.05, 0.1) is 24.5 Å². The Kier molecular flexibility index (Phi) is 4.32. The summed E-state index contributed by atoms with van der Waals surface area (Å²) in [6.45, 7) is 6.68. The summed E-state index contributed by atoms with van der Waals surface area (Å²) in [5, 5.41) is 26.9. The molecule has 4 aliphatic heterocycles. The number of aliphatic hydroxyl groups is 1. The summed E-state index contributed by atoms with van der Waals surface area (Å²) in [6, 6.07) is 4.50. The van der Waals surface area contributed by atoms with Gasteiger partial charge in [0.2, 0.25) is 0 Å². The average Bonchev–Trinajstić information content (AvgIpc) is 3.81. The Morgan fingerprint density at radius 1 is 1.21 bits per heavy atom. The molecule has 2 saturated carbocycles. The van der Waals surface area contributed by atoms with Crippen molar-refractivity contribution >= 4 is 17.6 Å². The predicted molar refractivity (Wildman–Crippen MR) is 134 cm³/mol. The van der Waals surface area contributed by atoms with E-state index in [1.165, 1.54) is 13.2 Å². The number of epoxide rings is 3. The van der Waals surface area contributed by atoms with Crippen LogP contribution >= 0.6 is 0 Å². The molecule has 3 aliphatic carbocycles. The summed E-state index contributed by atoms with van der Waals surface area (Å²) >= 11 is 0. The first-order valence-electron chi connectivity index (χ1n) is 13.8. The second-order valence-corrected chi connectivity index (χ2v) is 12.8. The van der Waals surface area contributed by atoms with Crippen LogP contribution < -0.4 is 5.32 Å². The van der Waals surface area contributed by atoms with E-state index in [1.54, 1.807) is 12.1 Å². The van der Waals surface area contributed by atoms with E-state index in [0.29, 0.717) is 25.1 Å². The highest BCUT2D eigenvalue weighted by Gasteiger charge is 3.04. The number of phenolic OH excluding ortho intramolecular Hbond substituents is 1. The van der Waals surface area contributed by atoms with Gasteiger partial charge in [-0.1, -0.05) is 20.8 Å². The van der Waals surface area contributed by atoms with E-state index in [-0.39, 0.29) is 59.4 Å². The molecule has 7 aliphatic rings. The molecule has 2 spiro atoms. The molecule has 208 valence electrons. The SMILES string of the molecule is COC(=O)c1ccc(NC[C@@]2(O)[C@]34O[C@H]3C[C@H]3C5=C(CC[C@]3(C)[C@@]43O[C@H]3[C@@H]3O[C@@]32C(C)C)C(=O)OC5)c(O)c1. The van der Waals surface area contributed by atoms with Crippen LogP contribution in [0.1, 0.15) is 50.4 Å². The Balaban J connectivity index is 1.19. The second kappa shape index (κ2) is 6.97. The van der Waals surface area contributed by atoms with Crippen LogP contribution in [0, 0.1) is 17.3 Å². The Hall–Kier alpha value is -2.66. The van der Waals surface area contributed by atoms with Gasteiger partial charge in [0, 0.05) is 17.5 Å². The van der Waals surface area contributed by atoms with Crippen molar-refractivity contribution in [3.63, 3.8) is 0 Å². The molecule has 10 nitrogen and oxygen atoms in total. The molecule has 0 aromatic heterocycles. The number of anilines is 1. The first-order valence-corrected chi connectivity index (χ1v) is 13.8. The minimum absolute atomic E-state index is 0.0296. The van der Waals surface area contributed by atoms with E-state index in [2.05, 4.69) is 12.2 Å². The molecule has 0 unspecified atom stereocenters. The summed E-state index contributed by atoms with van der Waals surface area (Å²) in [6.07, 6.45) is 1.27. The number of ether oxygens (including phenoxy) is 5. The lowest BCUT2D eigenvalue weighted by atomic mass is 9.44. The van der Waals surface area contributed by atoms with E-state index in [4.69, 9.17) is 23.7 Å². The van der Waals surface area contributed by atoms with Gasteiger partial charge in [0.15, 0.2) is 5.60 Å². The number of methoxy groups -OCH3 is 1. The van der Waals surface area contributed by atoms with Gasteiger partial charge in [0.25, 0.3) is 0 Å². The monoisotopic (exact) mass is 539 g/mol. The molecule has 1 aromatic rings. The molecule has 8 rings (SSSR count). The number of carbonyl (C=O) groups excluding carboxylic acids is 2. The molecule has 1 aromatic carbocycles. The van der Waals surface area contributed by atoms with Crippen molar-refractivity contribution in [1.82, 2.24) is 0 Å². The lowest BCUT2D eigenvalue weighted by Gasteiger charge is -2.56. The summed E-state index contributed by atoms with van der Waals surface area (Å²) in [7, 11) is 1.28. The van der Waals surface area contributed by atoms with Crippen LogP contribution in [0.5, 0.6) is 5.75 Å². The van der Waals surface area contributed by atoms with Crippen molar-refractivity contribution in [1.29, 1.82) is 0 Å². The topological polar surface area (TPSA) is 143 Å². The number of hydrogen-bond donors (Lipinski definition) is 3. The molecule has 0 amide bonds. The lowest BCUT2D eigenvalue weighted by molar-refractivity contribution is -0.159. The zero-order valence-corrected chi connectivity index (χ0v) is 22.4. The molecule has 10 heteroatoms. The van der Waals surface area contributed by atoms with Gasteiger partial charge >= 0.3 is 11.9 Å². The number of benzene rings is 1. The fraction of sp³-hybridized carbons (Fsp3) is 0.655. The Bertz CT molecular complexity index is 1390. The third-order valence-electron chi connectivity index (χ3n) is 11.3. The maximum atomic E-state index is 12.9. The van der Waals surface area contributed by atoms with Gasteiger partial charge in [-0.3, -0.25) is 0 Å². The molecular weight excluding hydrogens is 506 g/mol. The van der Waals surface area contributed by atoms with Crippen molar-refractivity contribution in [2.75, 3.05) is 25.6 Å². The van der Waals surface area contributed by atoms with Crippen LogP contribution in [-0.4, -0.2) is 83.1 Å². The number of cyclic esters (lactones) is 1. The van der Waals surface area contributed by atoms with Crippen LogP contribution in [0.3, 0.4) is 0 Å². The second-order valence-electron chi connectivity index (χ2n) is 12.8. The van der Waals surface area contributed by atoms with Crippen LogP contribution in [0.4, 0.5) is 5.69 Å². The minimum Gasteiger partial charge on any atom is -0.506 e. The van der Waals surface area contributed by atoms with Crippen LogP contribution in [0.25, 0.3) is 0 Å². The summed E-state index contributed by atoms with van der Waals surface area (Å²) in [5.41, 5.74) is -2.01. The number of carbonyl (C=O) groups is 2. The molecule has 5 fully saturated rings. The number of hydrogen-bond acceptors (Lipinski definition) is 10. The largest absolute Gasteiger partial charge is 0.506 e. The third kappa shape index (κ3) is 2.38. The van der Waals surface area contributed by atoms with Crippen LogP contribution in [0.15, 0.2) is 29.3 Å². The van der Waals surface area contributed by atoms with Crippen LogP contribution in [0.2, 0.25) is 0 Å². The number of rotatable bonds is 5. The zero-order valence-electron chi connectivity index (χ0n) is 22.4. The van der Waals surface area contributed by atoms with Gasteiger partial charge in [0.1, 0.15) is 41.4 Å². The number of fused-ring (bicyclic) bond motifs is 4. The predicted octanol–water partition coefficient (Wildman–Crippen LogP) is 2.08. The van der Waals surface area contributed by atoms with Gasteiger partial charge in [-0.2, -0.15) is 0 Å². The van der Waals surface area contributed by atoms with Gasteiger partial charge in [-0.25, -0.2) is 9.59 Å². The average molecular weight is 540 g/mol. The van der Waals surface area contributed by atoms with E-state index in [0.717, 1.165) is 17.6 Å². The molecule has 3 saturated heterocycles. The lowest BCUT2D eigenvalue weighted by Crippen LogP contribution is -2.77. The normalized spacial score (nSPS) is 47.6. The summed E-state index contributed by atoms with van der Waals surface area (Å²) < 4.78 is 30.1. The van der Waals surface area contributed by atoms with Crippen molar-refractivity contribution in [2.24, 2.45) is 17.3 Å². The third-order valence-corrected chi connectivity index (χ3v) is 11.3. The van der Waals surface area contributed by atoms with E-state index < -0.39 is 28.4 Å². The number of aromatic hydroxyl groups is 1. The molecule has 0 radical (unpaired) electrons. The molecular formula is C29H33NO9. The molecule has 9 atom stereocenters. The molecule has 3 N–H and O–H groups in total. The number of nitrogens with one attached hydrogen (secondary N) is 1. The Morgan fingerprint density at radius 2 is 2.00 bits per heavy atom. The van der Waals surface area contributed by atoms with E-state index in [1.807, 2.05) is 13.8 Å². The van der Waals surface area contributed by atoms with Gasteiger partial charge in [-0.15, -0.1) is 0 Å².